The lowest BCUT2D eigenvalue weighted by molar-refractivity contribution is 0.0502. The number of hydrogen-bond donors (Lipinski definition) is 0. The van der Waals surface area contributed by atoms with Crippen LogP contribution in [-0.4, -0.2) is 24.3 Å². The summed E-state index contributed by atoms with van der Waals surface area (Å²) < 4.78 is 12.4. The predicted octanol–water partition coefficient (Wildman–Crippen LogP) is 3.14. The Morgan fingerprint density at radius 3 is 2.84 bits per heavy atom. The van der Waals surface area contributed by atoms with Gasteiger partial charge < -0.3 is 14.0 Å². The van der Waals surface area contributed by atoms with Gasteiger partial charge in [0.1, 0.15) is 5.75 Å². The molecule has 0 aliphatic heterocycles. The van der Waals surface area contributed by atoms with Crippen molar-refractivity contribution in [3.8, 4) is 5.75 Å². The van der Waals surface area contributed by atoms with Gasteiger partial charge in [0.05, 0.1) is 19.3 Å². The van der Waals surface area contributed by atoms with Crippen molar-refractivity contribution in [1.29, 1.82) is 0 Å². The summed E-state index contributed by atoms with van der Waals surface area (Å²) >= 11 is 0. The number of methoxy groups -OCH3 is 1. The molecule has 2 aromatic rings. The molecule has 102 valence electrons. The maximum Gasteiger partial charge on any atom is 0.340 e. The van der Waals surface area contributed by atoms with Crippen molar-refractivity contribution in [2.24, 2.45) is 7.05 Å². The van der Waals surface area contributed by atoms with Gasteiger partial charge in [-0.25, -0.2) is 4.79 Å². The Kier molecular flexibility index (Phi) is 4.10. The van der Waals surface area contributed by atoms with E-state index in [9.17, 15) is 4.79 Å². The highest BCUT2D eigenvalue weighted by atomic mass is 16.5. The third-order valence-electron chi connectivity index (χ3n) is 3.15. The molecule has 4 heteroatoms. The molecule has 0 aliphatic carbocycles. The summed E-state index contributed by atoms with van der Waals surface area (Å²) in [6.07, 6.45) is 3.70. The normalized spacial score (nSPS) is 10.7. The van der Waals surface area contributed by atoms with Crippen LogP contribution in [0.15, 0.2) is 24.4 Å². The van der Waals surface area contributed by atoms with Crippen molar-refractivity contribution in [2.75, 3.05) is 13.7 Å². The molecule has 2 rings (SSSR count). The van der Waals surface area contributed by atoms with E-state index in [1.165, 1.54) is 0 Å². The first-order valence-corrected chi connectivity index (χ1v) is 6.47. The fourth-order valence-corrected chi connectivity index (χ4v) is 2.05. The van der Waals surface area contributed by atoms with Crippen LogP contribution in [0.3, 0.4) is 0 Å². The molecule has 0 fully saturated rings. The molecule has 0 atom stereocenters. The smallest absolute Gasteiger partial charge is 0.340 e. The van der Waals surface area contributed by atoms with E-state index in [1.807, 2.05) is 29.8 Å². The summed E-state index contributed by atoms with van der Waals surface area (Å²) in [5.74, 6) is 0.466. The molecule has 0 saturated heterocycles. The van der Waals surface area contributed by atoms with Gasteiger partial charge in [0, 0.05) is 24.1 Å². The lowest BCUT2D eigenvalue weighted by atomic mass is 10.1. The van der Waals surface area contributed by atoms with Gasteiger partial charge in [-0.3, -0.25) is 0 Å². The number of aryl methyl sites for hydroxylation is 1. The molecule has 4 nitrogen and oxygen atoms in total. The van der Waals surface area contributed by atoms with E-state index >= 15 is 0 Å². The molecule has 0 aliphatic rings. The number of nitrogens with zero attached hydrogens (tertiary/aromatic N) is 1. The number of rotatable bonds is 5. The van der Waals surface area contributed by atoms with Gasteiger partial charge >= 0.3 is 5.97 Å². The molecular weight excluding hydrogens is 242 g/mol. The van der Waals surface area contributed by atoms with E-state index in [0.29, 0.717) is 12.2 Å². The fraction of sp³-hybridized carbons (Fsp3) is 0.400. The second-order valence-electron chi connectivity index (χ2n) is 4.53. The summed E-state index contributed by atoms with van der Waals surface area (Å²) in [7, 11) is 3.53. The van der Waals surface area contributed by atoms with Crippen LogP contribution in [0.5, 0.6) is 5.75 Å². The number of carbonyl (C=O) groups excluding carboxylic acids is 1. The lowest BCUT2D eigenvalue weighted by Crippen LogP contribution is -2.05. The molecule has 0 amide bonds. The highest BCUT2D eigenvalue weighted by Gasteiger charge is 2.15. The molecule has 1 aromatic heterocycles. The number of aromatic nitrogens is 1. The van der Waals surface area contributed by atoms with Gasteiger partial charge in [-0.05, 0) is 24.6 Å². The third-order valence-corrected chi connectivity index (χ3v) is 3.15. The number of hydrogen-bond acceptors (Lipinski definition) is 3. The van der Waals surface area contributed by atoms with Crippen LogP contribution in [0.25, 0.3) is 10.9 Å². The predicted molar refractivity (Wildman–Crippen MR) is 74.7 cm³/mol. The standard InChI is InChI=1S/C15H19NO3/c1-4-5-8-19-15(17)13-10-16(2)14-7-6-11(18-3)9-12(13)14/h6-7,9-10H,4-5,8H2,1-3H3. The van der Waals surface area contributed by atoms with Gasteiger partial charge in [-0.2, -0.15) is 0 Å². The number of ether oxygens (including phenoxy) is 2. The Balaban J connectivity index is 2.34. The molecule has 1 heterocycles. The molecule has 0 spiro atoms. The van der Waals surface area contributed by atoms with Crippen LogP contribution in [0.2, 0.25) is 0 Å². The third kappa shape index (κ3) is 2.72. The fourth-order valence-electron chi connectivity index (χ4n) is 2.05. The second kappa shape index (κ2) is 5.78. The Morgan fingerprint density at radius 2 is 2.16 bits per heavy atom. The number of fused-ring (bicyclic) bond motifs is 1. The number of benzene rings is 1. The highest BCUT2D eigenvalue weighted by molar-refractivity contribution is 6.04. The van der Waals surface area contributed by atoms with Crippen molar-refractivity contribution in [3.05, 3.63) is 30.0 Å². The summed E-state index contributed by atoms with van der Waals surface area (Å²) in [4.78, 5) is 12.1. The van der Waals surface area contributed by atoms with E-state index in [-0.39, 0.29) is 5.97 Å². The quantitative estimate of drug-likeness (QED) is 0.613. The van der Waals surface area contributed by atoms with Gasteiger partial charge in [-0.15, -0.1) is 0 Å². The summed E-state index contributed by atoms with van der Waals surface area (Å²) in [6.45, 7) is 2.53. The first kappa shape index (κ1) is 13.5. The van der Waals surface area contributed by atoms with Gasteiger partial charge in [-0.1, -0.05) is 13.3 Å². The average Bonchev–Trinajstić information content (AvgIpc) is 2.76. The maximum atomic E-state index is 12.1. The SMILES string of the molecule is CCCCOC(=O)c1cn(C)c2ccc(OC)cc12. The largest absolute Gasteiger partial charge is 0.497 e. The van der Waals surface area contributed by atoms with Crippen LogP contribution >= 0.6 is 0 Å². The minimum absolute atomic E-state index is 0.271. The Hall–Kier alpha value is -1.97. The molecule has 0 saturated carbocycles. The lowest BCUT2D eigenvalue weighted by Gasteiger charge is -2.03. The zero-order valence-electron chi connectivity index (χ0n) is 11.6. The molecule has 0 radical (unpaired) electrons. The maximum absolute atomic E-state index is 12.1. The second-order valence-corrected chi connectivity index (χ2v) is 4.53. The van der Waals surface area contributed by atoms with Gasteiger partial charge in [0.2, 0.25) is 0 Å². The molecular formula is C15H19NO3. The van der Waals surface area contributed by atoms with Crippen molar-refractivity contribution >= 4 is 16.9 Å². The van der Waals surface area contributed by atoms with Crippen LogP contribution in [-0.2, 0) is 11.8 Å². The average molecular weight is 261 g/mol. The monoisotopic (exact) mass is 261 g/mol. The Morgan fingerprint density at radius 1 is 1.37 bits per heavy atom. The van der Waals surface area contributed by atoms with E-state index in [1.54, 1.807) is 13.3 Å². The number of carbonyl (C=O) groups is 1. The zero-order chi connectivity index (χ0) is 13.8. The van der Waals surface area contributed by atoms with Gasteiger partial charge in [0.15, 0.2) is 0 Å². The van der Waals surface area contributed by atoms with Gasteiger partial charge in [0.25, 0.3) is 0 Å². The summed E-state index contributed by atoms with van der Waals surface area (Å²) in [5, 5.41) is 0.864. The topological polar surface area (TPSA) is 40.5 Å². The first-order valence-electron chi connectivity index (χ1n) is 6.47. The highest BCUT2D eigenvalue weighted by Crippen LogP contribution is 2.26. The molecule has 0 unspecified atom stereocenters. The van der Waals surface area contributed by atoms with Crippen LogP contribution < -0.4 is 4.74 Å². The Labute approximate surface area is 112 Å². The Bertz CT molecular complexity index is 586. The molecule has 0 N–H and O–H groups in total. The molecule has 1 aromatic carbocycles. The van der Waals surface area contributed by atoms with Crippen LogP contribution in [0.4, 0.5) is 0 Å². The van der Waals surface area contributed by atoms with Crippen molar-refractivity contribution in [2.45, 2.75) is 19.8 Å². The van der Waals surface area contributed by atoms with E-state index < -0.39 is 0 Å². The minimum Gasteiger partial charge on any atom is -0.497 e. The van der Waals surface area contributed by atoms with E-state index in [4.69, 9.17) is 9.47 Å². The first-order chi connectivity index (χ1) is 9.17. The van der Waals surface area contributed by atoms with E-state index in [2.05, 4.69) is 6.92 Å². The van der Waals surface area contributed by atoms with Crippen molar-refractivity contribution < 1.29 is 14.3 Å². The summed E-state index contributed by atoms with van der Waals surface area (Å²) in [5.41, 5.74) is 1.58. The minimum atomic E-state index is -0.271. The van der Waals surface area contributed by atoms with Crippen molar-refractivity contribution in [1.82, 2.24) is 4.57 Å². The molecule has 0 bridgehead atoms. The number of esters is 1. The summed E-state index contributed by atoms with van der Waals surface area (Å²) in [6, 6.07) is 5.69. The number of unbranched alkanes of at least 4 members (excludes halogenated alkanes) is 1. The molecule has 19 heavy (non-hydrogen) atoms. The van der Waals surface area contributed by atoms with Crippen LogP contribution in [0, 0.1) is 0 Å². The van der Waals surface area contributed by atoms with Crippen LogP contribution in [0.1, 0.15) is 30.1 Å². The van der Waals surface area contributed by atoms with Crippen molar-refractivity contribution in [3.63, 3.8) is 0 Å². The zero-order valence-corrected chi connectivity index (χ0v) is 11.6. The van der Waals surface area contributed by atoms with E-state index in [0.717, 1.165) is 29.5 Å².